The van der Waals surface area contributed by atoms with Gasteiger partial charge in [0, 0.05) is 30.6 Å². The summed E-state index contributed by atoms with van der Waals surface area (Å²) in [6, 6.07) is 10.3. The lowest BCUT2D eigenvalue weighted by atomic mass is 9.99. The normalized spacial score (nSPS) is 16.1. The molecule has 1 aliphatic heterocycles. The van der Waals surface area contributed by atoms with E-state index < -0.39 is 17.3 Å². The minimum absolute atomic E-state index is 0.0254. The third kappa shape index (κ3) is 7.13. The van der Waals surface area contributed by atoms with E-state index in [9.17, 15) is 14.0 Å². The van der Waals surface area contributed by atoms with E-state index in [0.29, 0.717) is 36.5 Å². The predicted octanol–water partition coefficient (Wildman–Crippen LogP) is 6.99. The maximum atomic E-state index is 13.9. The number of ether oxygens (including phenoxy) is 1. The van der Waals surface area contributed by atoms with Crippen LogP contribution in [-0.2, 0) is 16.0 Å². The van der Waals surface area contributed by atoms with Crippen molar-refractivity contribution in [3.63, 3.8) is 0 Å². The summed E-state index contributed by atoms with van der Waals surface area (Å²) in [6.45, 7) is 12.1. The van der Waals surface area contributed by atoms with Crippen molar-refractivity contribution in [2.45, 2.75) is 66.0 Å². The van der Waals surface area contributed by atoms with Crippen LogP contribution in [0, 0.1) is 25.6 Å². The van der Waals surface area contributed by atoms with E-state index in [2.05, 4.69) is 15.8 Å². The molecule has 8 nitrogen and oxygen atoms in total. The zero-order valence-electron chi connectivity index (χ0n) is 23.7. The zero-order chi connectivity index (χ0) is 29.2. The van der Waals surface area contributed by atoms with Gasteiger partial charge in [-0.15, -0.1) is 0 Å². The van der Waals surface area contributed by atoms with E-state index >= 15 is 0 Å². The van der Waals surface area contributed by atoms with Crippen LogP contribution in [0.25, 0.3) is 11.1 Å². The Hall–Kier alpha value is -3.59. The van der Waals surface area contributed by atoms with Crippen molar-refractivity contribution in [2.24, 2.45) is 5.92 Å². The maximum absolute atomic E-state index is 13.9. The van der Waals surface area contributed by atoms with Crippen LogP contribution in [0.3, 0.4) is 0 Å². The molecular weight excluding hydrogens is 535 g/mol. The fourth-order valence-electron chi connectivity index (χ4n) is 4.78. The number of nitrogens with zero attached hydrogens (tertiary/aromatic N) is 2. The van der Waals surface area contributed by atoms with Gasteiger partial charge in [0.15, 0.2) is 0 Å². The molecule has 2 aromatic carbocycles. The van der Waals surface area contributed by atoms with E-state index in [4.69, 9.17) is 20.9 Å². The Morgan fingerprint density at radius 2 is 1.95 bits per heavy atom. The molecule has 0 spiro atoms. The van der Waals surface area contributed by atoms with E-state index in [1.165, 1.54) is 12.1 Å². The summed E-state index contributed by atoms with van der Waals surface area (Å²) in [5, 5.41) is 10.7. The van der Waals surface area contributed by atoms with Crippen LogP contribution in [-0.4, -0.2) is 46.8 Å². The van der Waals surface area contributed by atoms with Gasteiger partial charge in [-0.2, -0.15) is 0 Å². The molecule has 0 aliphatic carbocycles. The molecule has 2 N–H and O–H groups in total. The predicted molar refractivity (Wildman–Crippen MR) is 154 cm³/mol. The van der Waals surface area contributed by atoms with E-state index in [1.54, 1.807) is 17.9 Å². The average molecular weight is 571 g/mol. The van der Waals surface area contributed by atoms with Gasteiger partial charge in [0.1, 0.15) is 17.2 Å². The molecule has 4 rings (SSSR count). The van der Waals surface area contributed by atoms with E-state index in [-0.39, 0.29) is 23.1 Å². The summed E-state index contributed by atoms with van der Waals surface area (Å²) in [6.07, 6.45) is 0.739. The fraction of sp³-hybridized carbons (Fsp3) is 0.433. The van der Waals surface area contributed by atoms with Crippen LogP contribution in [0.4, 0.5) is 20.6 Å². The van der Waals surface area contributed by atoms with Crippen LogP contribution < -0.4 is 10.6 Å². The van der Waals surface area contributed by atoms with Crippen LogP contribution in [0.5, 0.6) is 0 Å². The molecule has 2 heterocycles. The molecule has 10 heteroatoms. The quantitative estimate of drug-likeness (QED) is 0.318. The average Bonchev–Trinajstić information content (AvgIpc) is 3.47. The van der Waals surface area contributed by atoms with Gasteiger partial charge in [0.05, 0.1) is 22.1 Å². The van der Waals surface area contributed by atoms with Crippen LogP contribution in [0.1, 0.15) is 51.1 Å². The van der Waals surface area contributed by atoms with Gasteiger partial charge in [-0.25, -0.2) is 9.18 Å². The second kappa shape index (κ2) is 11.9. The Morgan fingerprint density at radius 1 is 1.20 bits per heavy atom. The summed E-state index contributed by atoms with van der Waals surface area (Å²) < 4.78 is 24.8. The third-order valence-electron chi connectivity index (χ3n) is 6.77. The standard InChI is InChI=1S/C30H36ClFN4O4/c1-17(13-20-7-9-23(31)24(32)14-20)28(37)34-26-15-21(27-18(2)35-40-19(27)3)8-10-25(26)33-22-11-12-36(16-22)29(38)39-30(4,5)6/h7-10,14-15,17,22,33H,11-13,16H2,1-6H3,(H,34,37). The Balaban J connectivity index is 1.54. The molecule has 2 atom stereocenters. The summed E-state index contributed by atoms with van der Waals surface area (Å²) in [5.74, 6) is -0.485. The number of aryl methyl sites for hydroxylation is 2. The molecule has 0 radical (unpaired) electrons. The number of hydrogen-bond donors (Lipinski definition) is 2. The number of anilines is 2. The lowest BCUT2D eigenvalue weighted by Crippen LogP contribution is -2.36. The first kappa shape index (κ1) is 29.4. The summed E-state index contributed by atoms with van der Waals surface area (Å²) in [4.78, 5) is 27.5. The smallest absolute Gasteiger partial charge is 0.410 e. The highest BCUT2D eigenvalue weighted by atomic mass is 35.5. The SMILES string of the molecule is Cc1noc(C)c1-c1ccc(NC2CCN(C(=O)OC(C)(C)C)C2)c(NC(=O)C(C)Cc2ccc(Cl)c(F)c2)c1. The largest absolute Gasteiger partial charge is 0.444 e. The number of likely N-dealkylation sites (tertiary alicyclic amines) is 1. The molecular formula is C30H36ClFN4O4. The minimum Gasteiger partial charge on any atom is -0.444 e. The number of carbonyl (C=O) groups is 2. The van der Waals surface area contributed by atoms with Gasteiger partial charge >= 0.3 is 6.09 Å². The second-order valence-corrected chi connectivity index (χ2v) is 11.8. The first-order chi connectivity index (χ1) is 18.8. The monoisotopic (exact) mass is 570 g/mol. The number of aromatic nitrogens is 1. The van der Waals surface area contributed by atoms with Crippen molar-refractivity contribution in [1.29, 1.82) is 0 Å². The third-order valence-corrected chi connectivity index (χ3v) is 7.08. The molecule has 40 heavy (non-hydrogen) atoms. The summed E-state index contributed by atoms with van der Waals surface area (Å²) in [5.41, 5.74) is 3.90. The van der Waals surface area contributed by atoms with Crippen LogP contribution >= 0.6 is 11.6 Å². The molecule has 2 amide bonds. The van der Waals surface area contributed by atoms with Crippen molar-refractivity contribution in [2.75, 3.05) is 23.7 Å². The van der Waals surface area contributed by atoms with Crippen molar-refractivity contribution < 1.29 is 23.2 Å². The summed E-state index contributed by atoms with van der Waals surface area (Å²) in [7, 11) is 0. The molecule has 2 unspecified atom stereocenters. The number of amides is 2. The first-order valence-corrected chi connectivity index (χ1v) is 13.7. The zero-order valence-corrected chi connectivity index (χ0v) is 24.5. The highest BCUT2D eigenvalue weighted by Crippen LogP contribution is 2.34. The Morgan fingerprint density at radius 3 is 2.60 bits per heavy atom. The number of halogens is 2. The van der Waals surface area contributed by atoms with Gasteiger partial charge < -0.3 is 24.8 Å². The van der Waals surface area contributed by atoms with Crippen molar-refractivity contribution in [1.82, 2.24) is 10.1 Å². The molecule has 1 aliphatic rings. The lowest BCUT2D eigenvalue weighted by molar-refractivity contribution is -0.119. The van der Waals surface area contributed by atoms with Gasteiger partial charge in [0.25, 0.3) is 0 Å². The Bertz CT molecular complexity index is 1380. The number of rotatable bonds is 7. The second-order valence-electron chi connectivity index (χ2n) is 11.4. The maximum Gasteiger partial charge on any atom is 0.410 e. The highest BCUT2D eigenvalue weighted by molar-refractivity contribution is 6.30. The molecule has 0 bridgehead atoms. The van der Waals surface area contributed by atoms with Crippen molar-refractivity contribution in [3.8, 4) is 11.1 Å². The number of nitrogens with one attached hydrogen (secondary N) is 2. The highest BCUT2D eigenvalue weighted by Gasteiger charge is 2.30. The minimum atomic E-state index is -0.567. The fourth-order valence-corrected chi connectivity index (χ4v) is 4.90. The van der Waals surface area contributed by atoms with Crippen molar-refractivity contribution in [3.05, 3.63) is 64.3 Å². The van der Waals surface area contributed by atoms with Crippen molar-refractivity contribution >= 4 is 35.0 Å². The van der Waals surface area contributed by atoms with Gasteiger partial charge in [-0.1, -0.05) is 35.8 Å². The molecule has 214 valence electrons. The molecule has 0 saturated carbocycles. The molecule has 3 aromatic rings. The lowest BCUT2D eigenvalue weighted by Gasteiger charge is -2.25. The number of carbonyl (C=O) groups excluding carboxylic acids is 2. The molecule has 1 saturated heterocycles. The topological polar surface area (TPSA) is 96.7 Å². The Labute approximate surface area is 239 Å². The van der Waals surface area contributed by atoms with Gasteiger partial charge in [0.2, 0.25) is 5.91 Å². The molecule has 1 fully saturated rings. The Kier molecular flexibility index (Phi) is 8.73. The summed E-state index contributed by atoms with van der Waals surface area (Å²) >= 11 is 5.81. The van der Waals surface area contributed by atoms with E-state index in [1.807, 2.05) is 52.8 Å². The van der Waals surface area contributed by atoms with Crippen LogP contribution in [0.15, 0.2) is 40.9 Å². The number of benzene rings is 2. The first-order valence-electron chi connectivity index (χ1n) is 13.4. The van der Waals surface area contributed by atoms with Crippen LogP contribution in [0.2, 0.25) is 5.02 Å². The van der Waals surface area contributed by atoms with E-state index in [0.717, 1.165) is 28.9 Å². The van der Waals surface area contributed by atoms with Gasteiger partial charge in [-0.3, -0.25) is 4.79 Å². The molecule has 1 aromatic heterocycles. The van der Waals surface area contributed by atoms with Gasteiger partial charge in [-0.05, 0) is 82.9 Å². The number of hydrogen-bond acceptors (Lipinski definition) is 6.